The summed E-state index contributed by atoms with van der Waals surface area (Å²) in [6, 6.07) is 8.63. The summed E-state index contributed by atoms with van der Waals surface area (Å²) in [5, 5.41) is 1.06. The Hall–Kier alpha value is -3.33. The summed E-state index contributed by atoms with van der Waals surface area (Å²) in [7, 11) is 3.94. The maximum Gasteiger partial charge on any atom is 0.279 e. The third-order valence-corrected chi connectivity index (χ3v) is 6.74. The molecule has 0 aliphatic carbocycles. The highest BCUT2D eigenvalue weighted by atomic mass is 35.5. The average Bonchev–Trinajstić information content (AvgIpc) is 3.37. The van der Waals surface area contributed by atoms with Crippen molar-refractivity contribution >= 4 is 34.8 Å². The zero-order valence-corrected chi connectivity index (χ0v) is 22.8. The number of hydrogen-bond donors (Lipinski definition) is 0. The monoisotopic (exact) mass is 535 g/mol. The number of anilines is 1. The molecular weight excluding hydrogens is 509 g/mol. The SMILES string of the molecule is Cc1ccc(Cl)cc1N1C(=O)c2nc(-c3cnc(CN(C)C)nc3)n(C(C)C)c2C1c1ccc(Cl)cn1. The minimum absolute atomic E-state index is 0.00397. The Balaban J connectivity index is 1.71. The number of imidazole rings is 1. The number of hydrogen-bond acceptors (Lipinski definition) is 6. The molecule has 5 rings (SSSR count). The van der Waals surface area contributed by atoms with E-state index in [4.69, 9.17) is 28.2 Å². The van der Waals surface area contributed by atoms with Crippen molar-refractivity contribution in [3.8, 4) is 11.4 Å². The molecule has 0 bridgehead atoms. The van der Waals surface area contributed by atoms with Crippen LogP contribution in [-0.2, 0) is 6.54 Å². The predicted molar refractivity (Wildman–Crippen MR) is 145 cm³/mol. The van der Waals surface area contributed by atoms with E-state index in [0.717, 1.165) is 16.8 Å². The number of carbonyl (C=O) groups excluding carboxylic acids is 1. The Morgan fingerprint density at radius 3 is 2.32 bits per heavy atom. The molecule has 1 unspecified atom stereocenters. The summed E-state index contributed by atoms with van der Waals surface area (Å²) >= 11 is 12.5. The zero-order chi connectivity index (χ0) is 26.4. The highest BCUT2D eigenvalue weighted by Gasteiger charge is 2.45. The van der Waals surface area contributed by atoms with Crippen LogP contribution in [0.25, 0.3) is 11.4 Å². The molecule has 190 valence electrons. The Kier molecular flexibility index (Phi) is 6.74. The Bertz CT molecular complexity index is 1460. The Labute approximate surface area is 225 Å². The molecule has 0 N–H and O–H groups in total. The van der Waals surface area contributed by atoms with Crippen LogP contribution in [0, 0.1) is 6.92 Å². The lowest BCUT2D eigenvalue weighted by Crippen LogP contribution is -2.31. The predicted octanol–water partition coefficient (Wildman–Crippen LogP) is 5.74. The number of amides is 1. The number of aromatic nitrogens is 5. The van der Waals surface area contributed by atoms with Gasteiger partial charge in [0.1, 0.15) is 17.7 Å². The van der Waals surface area contributed by atoms with Gasteiger partial charge in [0.05, 0.1) is 28.5 Å². The fourth-order valence-corrected chi connectivity index (χ4v) is 4.97. The third-order valence-electron chi connectivity index (χ3n) is 6.29. The molecule has 1 amide bonds. The van der Waals surface area contributed by atoms with Crippen molar-refractivity contribution in [3.63, 3.8) is 0 Å². The summed E-state index contributed by atoms with van der Waals surface area (Å²) in [6.07, 6.45) is 5.12. The fourth-order valence-electron chi connectivity index (χ4n) is 4.69. The van der Waals surface area contributed by atoms with E-state index in [2.05, 4.69) is 33.4 Å². The van der Waals surface area contributed by atoms with Gasteiger partial charge in [0.2, 0.25) is 0 Å². The van der Waals surface area contributed by atoms with E-state index in [1.165, 1.54) is 0 Å². The van der Waals surface area contributed by atoms with Gasteiger partial charge in [0.15, 0.2) is 5.69 Å². The second-order valence-corrected chi connectivity index (χ2v) is 10.5. The lowest BCUT2D eigenvalue weighted by molar-refractivity contribution is 0.0989. The first-order valence-electron chi connectivity index (χ1n) is 11.9. The minimum Gasteiger partial charge on any atom is -0.322 e. The molecule has 0 saturated heterocycles. The maximum absolute atomic E-state index is 14.0. The number of rotatable bonds is 6. The van der Waals surface area contributed by atoms with Crippen molar-refractivity contribution in [2.75, 3.05) is 19.0 Å². The van der Waals surface area contributed by atoms with Crippen molar-refractivity contribution in [1.29, 1.82) is 0 Å². The Morgan fingerprint density at radius 2 is 1.70 bits per heavy atom. The molecule has 1 atom stereocenters. The van der Waals surface area contributed by atoms with Gasteiger partial charge in [0.25, 0.3) is 5.91 Å². The van der Waals surface area contributed by atoms with Crippen molar-refractivity contribution in [1.82, 2.24) is 29.4 Å². The molecule has 4 heterocycles. The van der Waals surface area contributed by atoms with E-state index in [1.807, 2.05) is 50.2 Å². The number of carbonyl (C=O) groups is 1. The number of pyridine rings is 1. The Morgan fingerprint density at radius 1 is 1.00 bits per heavy atom. The highest BCUT2D eigenvalue weighted by Crippen LogP contribution is 2.45. The smallest absolute Gasteiger partial charge is 0.279 e. The van der Waals surface area contributed by atoms with Gasteiger partial charge in [-0.05, 0) is 64.7 Å². The largest absolute Gasteiger partial charge is 0.322 e. The van der Waals surface area contributed by atoms with Gasteiger partial charge in [-0.1, -0.05) is 29.3 Å². The number of benzene rings is 1. The van der Waals surface area contributed by atoms with Crippen LogP contribution in [-0.4, -0.2) is 49.4 Å². The highest BCUT2D eigenvalue weighted by molar-refractivity contribution is 6.31. The van der Waals surface area contributed by atoms with E-state index in [-0.39, 0.29) is 11.9 Å². The van der Waals surface area contributed by atoms with Gasteiger partial charge in [-0.3, -0.25) is 14.7 Å². The van der Waals surface area contributed by atoms with Gasteiger partial charge >= 0.3 is 0 Å². The lowest BCUT2D eigenvalue weighted by atomic mass is 10.1. The van der Waals surface area contributed by atoms with Crippen molar-refractivity contribution in [2.45, 2.75) is 39.4 Å². The van der Waals surface area contributed by atoms with Crippen molar-refractivity contribution in [3.05, 3.63) is 87.4 Å². The molecule has 0 fully saturated rings. The molecule has 1 aromatic carbocycles. The van der Waals surface area contributed by atoms with E-state index < -0.39 is 6.04 Å². The number of nitrogens with zero attached hydrogens (tertiary/aromatic N) is 7. The van der Waals surface area contributed by atoms with Crippen LogP contribution in [0.2, 0.25) is 10.0 Å². The number of halogens is 2. The summed E-state index contributed by atoms with van der Waals surface area (Å²) in [5.74, 6) is 1.14. The van der Waals surface area contributed by atoms with E-state index in [1.54, 1.807) is 29.6 Å². The van der Waals surface area contributed by atoms with Crippen LogP contribution in [0.4, 0.5) is 5.69 Å². The molecule has 1 aliphatic heterocycles. The number of aryl methyl sites for hydroxylation is 1. The van der Waals surface area contributed by atoms with Gasteiger partial charge in [-0.25, -0.2) is 15.0 Å². The quantitative estimate of drug-likeness (QED) is 0.313. The molecule has 8 nitrogen and oxygen atoms in total. The van der Waals surface area contributed by atoms with Crippen LogP contribution in [0.3, 0.4) is 0 Å². The molecule has 1 aliphatic rings. The molecule has 37 heavy (non-hydrogen) atoms. The minimum atomic E-state index is -0.519. The summed E-state index contributed by atoms with van der Waals surface area (Å²) in [4.78, 5) is 36.3. The lowest BCUT2D eigenvalue weighted by Gasteiger charge is -2.29. The molecule has 10 heteroatoms. The molecular formula is C27H27Cl2N7O. The second kappa shape index (κ2) is 9.85. The van der Waals surface area contributed by atoms with Crippen molar-refractivity contribution in [2.24, 2.45) is 0 Å². The fraction of sp³-hybridized carbons (Fsp3) is 0.296. The number of fused-ring (bicyclic) bond motifs is 1. The van der Waals surface area contributed by atoms with Gasteiger partial charge < -0.3 is 9.47 Å². The van der Waals surface area contributed by atoms with Crippen LogP contribution in [0.1, 0.15) is 59.2 Å². The molecule has 3 aromatic heterocycles. The summed E-state index contributed by atoms with van der Waals surface area (Å²) in [6.45, 7) is 6.72. The van der Waals surface area contributed by atoms with E-state index in [0.29, 0.717) is 45.3 Å². The zero-order valence-electron chi connectivity index (χ0n) is 21.3. The molecule has 4 aromatic rings. The molecule has 0 spiro atoms. The van der Waals surface area contributed by atoms with Gasteiger partial charge in [0, 0.05) is 35.3 Å². The molecule has 0 saturated carbocycles. The van der Waals surface area contributed by atoms with E-state index >= 15 is 0 Å². The standard InChI is InChI=1S/C27H27Cl2N7O/c1-15(2)35-25-23(33-26(35)17-11-31-22(32-12-17)14-34(4)5)27(37)36(21-10-18(28)7-6-16(21)3)24(25)20-9-8-19(29)13-30-20/h6-13,15,24H,14H2,1-5H3. The third kappa shape index (κ3) is 4.61. The first-order valence-corrected chi connectivity index (χ1v) is 12.7. The first-order chi connectivity index (χ1) is 17.7. The summed E-state index contributed by atoms with van der Waals surface area (Å²) in [5.41, 5.74) is 4.20. The van der Waals surface area contributed by atoms with Crippen molar-refractivity contribution < 1.29 is 4.79 Å². The van der Waals surface area contributed by atoms with Crippen LogP contribution >= 0.6 is 23.2 Å². The topological polar surface area (TPSA) is 80.0 Å². The van der Waals surface area contributed by atoms with Gasteiger partial charge in [-0.2, -0.15) is 0 Å². The normalized spacial score (nSPS) is 15.2. The van der Waals surface area contributed by atoms with Crippen LogP contribution in [0.15, 0.2) is 48.9 Å². The second-order valence-electron chi connectivity index (χ2n) is 9.67. The van der Waals surface area contributed by atoms with E-state index in [9.17, 15) is 4.79 Å². The first kappa shape index (κ1) is 25.3. The average molecular weight is 536 g/mol. The van der Waals surface area contributed by atoms with Crippen LogP contribution in [0.5, 0.6) is 0 Å². The summed E-state index contributed by atoms with van der Waals surface area (Å²) < 4.78 is 2.08. The molecule has 0 radical (unpaired) electrons. The van der Waals surface area contributed by atoms with Crippen LogP contribution < -0.4 is 4.90 Å². The van der Waals surface area contributed by atoms with Gasteiger partial charge in [-0.15, -0.1) is 0 Å². The maximum atomic E-state index is 14.0.